The van der Waals surface area contributed by atoms with Crippen LogP contribution in [-0.2, 0) is 0 Å². The third-order valence-corrected chi connectivity index (χ3v) is 3.61. The molecule has 0 atom stereocenters. The van der Waals surface area contributed by atoms with Gasteiger partial charge in [-0.3, -0.25) is 4.79 Å². The van der Waals surface area contributed by atoms with Crippen molar-refractivity contribution in [2.24, 2.45) is 0 Å². The van der Waals surface area contributed by atoms with E-state index >= 15 is 0 Å². The van der Waals surface area contributed by atoms with E-state index in [1.54, 1.807) is 0 Å². The number of carbonyl (C=O) groups excluding carboxylic acids is 1. The van der Waals surface area contributed by atoms with Gasteiger partial charge in [0.2, 0.25) is 0 Å². The molecule has 1 rings (SSSR count). The van der Waals surface area contributed by atoms with E-state index in [9.17, 15) is 4.79 Å². The highest BCUT2D eigenvalue weighted by Gasteiger charge is 2.22. The van der Waals surface area contributed by atoms with Crippen LogP contribution in [0.1, 0.15) is 44.0 Å². The molecule has 0 saturated carbocycles. The van der Waals surface area contributed by atoms with Crippen LogP contribution < -0.4 is 5.32 Å². The van der Waals surface area contributed by atoms with E-state index in [4.69, 9.17) is 0 Å². The van der Waals surface area contributed by atoms with Gasteiger partial charge in [0.25, 0.3) is 5.91 Å². The lowest BCUT2D eigenvalue weighted by molar-refractivity contribution is 0.0901. The molecule has 1 aromatic rings. The lowest BCUT2D eigenvalue weighted by atomic mass is 9.95. The molecular formula is C13H18BrNO. The van der Waals surface area contributed by atoms with Crippen molar-refractivity contribution in [1.29, 1.82) is 0 Å². The van der Waals surface area contributed by atoms with Gasteiger partial charge in [-0.05, 0) is 44.0 Å². The summed E-state index contributed by atoms with van der Waals surface area (Å²) in [5.74, 6) is -0.00120. The third kappa shape index (κ3) is 3.34. The van der Waals surface area contributed by atoms with E-state index in [0.29, 0.717) is 5.56 Å². The molecule has 1 amide bonds. The van der Waals surface area contributed by atoms with Gasteiger partial charge in [-0.15, -0.1) is 0 Å². The minimum atomic E-state index is -0.107. The smallest absolute Gasteiger partial charge is 0.251 e. The second-order valence-corrected chi connectivity index (χ2v) is 5.14. The molecule has 0 bridgehead atoms. The molecule has 0 heterocycles. The zero-order valence-electron chi connectivity index (χ0n) is 10.0. The van der Waals surface area contributed by atoms with Crippen molar-refractivity contribution in [2.45, 2.75) is 39.2 Å². The van der Waals surface area contributed by atoms with Gasteiger partial charge in [0, 0.05) is 15.6 Å². The Morgan fingerprint density at radius 3 is 2.19 bits per heavy atom. The lowest BCUT2D eigenvalue weighted by Gasteiger charge is -2.28. The summed E-state index contributed by atoms with van der Waals surface area (Å²) in [6, 6.07) is 7.41. The number of hydrogen-bond donors (Lipinski definition) is 1. The summed E-state index contributed by atoms with van der Waals surface area (Å²) in [7, 11) is 0. The highest BCUT2D eigenvalue weighted by Crippen LogP contribution is 2.16. The topological polar surface area (TPSA) is 29.1 Å². The molecule has 0 unspecified atom stereocenters. The molecule has 0 radical (unpaired) electrons. The molecular weight excluding hydrogens is 266 g/mol. The van der Waals surface area contributed by atoms with E-state index in [1.165, 1.54) is 0 Å². The first kappa shape index (κ1) is 13.2. The van der Waals surface area contributed by atoms with E-state index in [1.807, 2.05) is 24.3 Å². The molecule has 3 heteroatoms. The average molecular weight is 284 g/mol. The Labute approximate surface area is 106 Å². The first-order chi connectivity index (χ1) is 7.50. The van der Waals surface area contributed by atoms with Crippen molar-refractivity contribution >= 4 is 21.8 Å². The molecule has 0 aliphatic rings. The third-order valence-electron chi connectivity index (χ3n) is 3.08. The maximum absolute atomic E-state index is 12.0. The number of carbonyl (C=O) groups is 1. The van der Waals surface area contributed by atoms with Crippen molar-refractivity contribution in [1.82, 2.24) is 5.32 Å². The maximum Gasteiger partial charge on any atom is 0.251 e. The fraction of sp³-hybridized carbons (Fsp3) is 0.462. The van der Waals surface area contributed by atoms with E-state index in [-0.39, 0.29) is 11.4 Å². The molecule has 16 heavy (non-hydrogen) atoms. The Balaban J connectivity index is 2.76. The summed E-state index contributed by atoms with van der Waals surface area (Å²) in [5.41, 5.74) is 0.598. The molecule has 0 spiro atoms. The SMILES string of the molecule is CCC(C)(CC)NC(=O)c1ccc(Br)cc1. The molecule has 88 valence electrons. The average Bonchev–Trinajstić information content (AvgIpc) is 2.29. The van der Waals surface area contributed by atoms with Crippen LogP contribution in [0.4, 0.5) is 0 Å². The molecule has 0 aliphatic heterocycles. The first-order valence-corrected chi connectivity index (χ1v) is 6.38. The van der Waals surface area contributed by atoms with Gasteiger partial charge in [0.15, 0.2) is 0 Å². The summed E-state index contributed by atoms with van der Waals surface area (Å²) < 4.78 is 0.984. The minimum Gasteiger partial charge on any atom is -0.347 e. The predicted octanol–water partition coefficient (Wildman–Crippen LogP) is 3.76. The number of nitrogens with one attached hydrogen (secondary N) is 1. The zero-order valence-corrected chi connectivity index (χ0v) is 11.6. The number of halogens is 1. The molecule has 1 aromatic carbocycles. The van der Waals surface area contributed by atoms with Crippen LogP contribution in [0.15, 0.2) is 28.7 Å². The first-order valence-electron chi connectivity index (χ1n) is 5.59. The molecule has 0 fully saturated rings. The number of hydrogen-bond acceptors (Lipinski definition) is 1. The highest BCUT2D eigenvalue weighted by atomic mass is 79.9. The van der Waals surface area contributed by atoms with E-state index in [0.717, 1.165) is 17.3 Å². The zero-order chi connectivity index (χ0) is 12.2. The van der Waals surface area contributed by atoms with Crippen LogP contribution >= 0.6 is 15.9 Å². The molecule has 0 aromatic heterocycles. The Morgan fingerprint density at radius 1 is 1.25 bits per heavy atom. The molecule has 0 saturated heterocycles. The Morgan fingerprint density at radius 2 is 1.75 bits per heavy atom. The molecule has 1 N–H and O–H groups in total. The van der Waals surface area contributed by atoms with Gasteiger partial charge in [-0.25, -0.2) is 0 Å². The van der Waals surface area contributed by atoms with Crippen LogP contribution in [0.2, 0.25) is 0 Å². The number of amides is 1. The second kappa shape index (κ2) is 5.48. The summed E-state index contributed by atoms with van der Waals surface area (Å²) in [6.07, 6.45) is 1.87. The Kier molecular flexibility index (Phi) is 4.54. The van der Waals surface area contributed by atoms with Crippen LogP contribution in [0, 0.1) is 0 Å². The Bertz CT molecular complexity index is 355. The summed E-state index contributed by atoms with van der Waals surface area (Å²) in [6.45, 7) is 6.25. The maximum atomic E-state index is 12.0. The number of rotatable bonds is 4. The minimum absolute atomic E-state index is 0.00120. The summed E-state index contributed by atoms with van der Waals surface area (Å²) in [4.78, 5) is 12.0. The van der Waals surface area contributed by atoms with Crippen molar-refractivity contribution < 1.29 is 4.79 Å². The normalized spacial score (nSPS) is 11.2. The van der Waals surface area contributed by atoms with Gasteiger partial charge in [0.1, 0.15) is 0 Å². The standard InChI is InChI=1S/C13H18BrNO/c1-4-13(3,5-2)15-12(16)10-6-8-11(14)9-7-10/h6-9H,4-5H2,1-3H3,(H,15,16). The number of benzene rings is 1. The van der Waals surface area contributed by atoms with Crippen molar-refractivity contribution in [2.75, 3.05) is 0 Å². The fourth-order valence-corrected chi connectivity index (χ4v) is 1.64. The van der Waals surface area contributed by atoms with Crippen molar-refractivity contribution in [3.63, 3.8) is 0 Å². The Hall–Kier alpha value is -0.830. The van der Waals surface area contributed by atoms with Crippen LogP contribution in [0.25, 0.3) is 0 Å². The quantitative estimate of drug-likeness (QED) is 0.896. The molecule has 2 nitrogen and oxygen atoms in total. The van der Waals surface area contributed by atoms with Gasteiger partial charge in [-0.2, -0.15) is 0 Å². The lowest BCUT2D eigenvalue weighted by Crippen LogP contribution is -2.44. The van der Waals surface area contributed by atoms with Crippen LogP contribution in [0.5, 0.6) is 0 Å². The van der Waals surface area contributed by atoms with Gasteiger partial charge in [0.05, 0.1) is 0 Å². The van der Waals surface area contributed by atoms with Crippen LogP contribution in [-0.4, -0.2) is 11.4 Å². The molecule has 0 aliphatic carbocycles. The largest absolute Gasteiger partial charge is 0.347 e. The van der Waals surface area contributed by atoms with E-state index < -0.39 is 0 Å². The predicted molar refractivity (Wildman–Crippen MR) is 70.6 cm³/mol. The fourth-order valence-electron chi connectivity index (χ4n) is 1.37. The van der Waals surface area contributed by atoms with Crippen molar-refractivity contribution in [3.8, 4) is 0 Å². The summed E-state index contributed by atoms with van der Waals surface area (Å²) in [5, 5.41) is 3.07. The monoisotopic (exact) mass is 283 g/mol. The second-order valence-electron chi connectivity index (χ2n) is 4.23. The van der Waals surface area contributed by atoms with E-state index in [2.05, 4.69) is 42.0 Å². The van der Waals surface area contributed by atoms with Gasteiger partial charge < -0.3 is 5.32 Å². The van der Waals surface area contributed by atoms with Gasteiger partial charge >= 0.3 is 0 Å². The van der Waals surface area contributed by atoms with Crippen molar-refractivity contribution in [3.05, 3.63) is 34.3 Å². The van der Waals surface area contributed by atoms with Gasteiger partial charge in [-0.1, -0.05) is 29.8 Å². The summed E-state index contributed by atoms with van der Waals surface area (Å²) >= 11 is 3.35. The highest BCUT2D eigenvalue weighted by molar-refractivity contribution is 9.10. The van der Waals surface area contributed by atoms with Crippen LogP contribution in [0.3, 0.4) is 0 Å².